The monoisotopic (exact) mass is 427 g/mol. The molecule has 8 heteroatoms. The maximum absolute atomic E-state index is 13.4. The first-order valence-corrected chi connectivity index (χ1v) is 9.96. The Labute approximate surface area is 178 Å². The van der Waals surface area contributed by atoms with Gasteiger partial charge in [0.2, 0.25) is 0 Å². The Morgan fingerprint density at radius 1 is 1.20 bits per heavy atom. The van der Waals surface area contributed by atoms with Gasteiger partial charge in [0.15, 0.2) is 5.79 Å². The summed E-state index contributed by atoms with van der Waals surface area (Å²) in [6.07, 6.45) is 0. The third-order valence-electron chi connectivity index (χ3n) is 5.26. The van der Waals surface area contributed by atoms with Gasteiger partial charge < -0.3 is 14.2 Å². The van der Waals surface area contributed by atoms with Gasteiger partial charge in [-0.3, -0.25) is 9.13 Å². The highest BCUT2D eigenvalue weighted by atomic mass is 35.5. The summed E-state index contributed by atoms with van der Waals surface area (Å²) in [5.74, 6) is -0.104. The predicted octanol–water partition coefficient (Wildman–Crippen LogP) is 3.71. The van der Waals surface area contributed by atoms with Gasteiger partial charge in [0.1, 0.15) is 5.75 Å². The van der Waals surface area contributed by atoms with Crippen molar-refractivity contribution in [1.29, 1.82) is 5.26 Å². The number of imidazole rings is 1. The molecular formula is C22H22ClN3O4. The molecule has 0 bridgehead atoms. The first-order valence-electron chi connectivity index (χ1n) is 9.58. The molecule has 1 saturated heterocycles. The predicted molar refractivity (Wildman–Crippen MR) is 113 cm³/mol. The van der Waals surface area contributed by atoms with Crippen LogP contribution in [-0.2, 0) is 16.0 Å². The van der Waals surface area contributed by atoms with Gasteiger partial charge >= 0.3 is 5.69 Å². The molecule has 1 aliphatic heterocycles. The van der Waals surface area contributed by atoms with E-state index in [4.69, 9.17) is 25.8 Å². The number of fused-ring (bicyclic) bond motifs is 1. The van der Waals surface area contributed by atoms with Crippen molar-refractivity contribution in [3.8, 4) is 11.8 Å². The number of halogens is 1. The number of methoxy groups -OCH3 is 1. The second-order valence-corrected chi connectivity index (χ2v) is 8.11. The summed E-state index contributed by atoms with van der Waals surface area (Å²) in [6, 6.07) is 12.5. The summed E-state index contributed by atoms with van der Waals surface area (Å²) in [7, 11) is 1.55. The molecule has 0 saturated carbocycles. The Bertz CT molecular complexity index is 1200. The molecule has 156 valence electrons. The summed E-state index contributed by atoms with van der Waals surface area (Å²) in [4.78, 5) is 13.4. The molecule has 0 amide bonds. The zero-order valence-corrected chi connectivity index (χ0v) is 17.8. The molecule has 4 rings (SSSR count). The molecule has 2 aromatic carbocycles. The van der Waals surface area contributed by atoms with Crippen LogP contribution < -0.4 is 10.4 Å². The number of ether oxygens (including phenoxy) is 3. The number of hydrogen-bond donors (Lipinski definition) is 0. The van der Waals surface area contributed by atoms with Gasteiger partial charge in [0.25, 0.3) is 0 Å². The van der Waals surface area contributed by atoms with E-state index in [0.29, 0.717) is 41.6 Å². The van der Waals surface area contributed by atoms with Crippen LogP contribution in [-0.4, -0.2) is 35.2 Å². The fourth-order valence-corrected chi connectivity index (χ4v) is 3.96. The lowest BCUT2D eigenvalue weighted by atomic mass is 10.2. The molecule has 30 heavy (non-hydrogen) atoms. The van der Waals surface area contributed by atoms with Gasteiger partial charge in [-0.25, -0.2) is 4.79 Å². The average molecular weight is 428 g/mol. The highest BCUT2D eigenvalue weighted by Crippen LogP contribution is 2.28. The molecule has 1 fully saturated rings. The number of benzene rings is 2. The number of nitriles is 1. The van der Waals surface area contributed by atoms with E-state index in [0.717, 1.165) is 11.1 Å². The highest BCUT2D eigenvalue weighted by Gasteiger charge is 2.31. The van der Waals surface area contributed by atoms with E-state index in [-0.39, 0.29) is 11.7 Å². The minimum absolute atomic E-state index is 0.191. The highest BCUT2D eigenvalue weighted by molar-refractivity contribution is 6.32. The van der Waals surface area contributed by atoms with Crippen molar-refractivity contribution in [1.82, 2.24) is 9.13 Å². The molecule has 2 heterocycles. The van der Waals surface area contributed by atoms with Crippen LogP contribution in [0.2, 0.25) is 5.02 Å². The summed E-state index contributed by atoms with van der Waals surface area (Å²) in [6.45, 7) is 4.73. The molecule has 0 atom stereocenters. The first-order chi connectivity index (χ1) is 14.3. The van der Waals surface area contributed by atoms with E-state index in [2.05, 4.69) is 6.07 Å². The van der Waals surface area contributed by atoms with Crippen LogP contribution in [0.5, 0.6) is 5.75 Å². The molecule has 1 aliphatic rings. The molecule has 0 aliphatic carbocycles. The third kappa shape index (κ3) is 3.70. The zero-order valence-electron chi connectivity index (χ0n) is 17.0. The fourth-order valence-electron chi connectivity index (χ4n) is 3.68. The normalized spacial score (nSPS) is 16.5. The lowest BCUT2D eigenvalue weighted by Crippen LogP contribution is -2.42. The molecule has 0 radical (unpaired) electrons. The van der Waals surface area contributed by atoms with Crippen LogP contribution in [0.1, 0.15) is 31.0 Å². The average Bonchev–Trinajstić information content (AvgIpc) is 2.99. The van der Waals surface area contributed by atoms with Gasteiger partial charge in [-0.1, -0.05) is 17.7 Å². The fraction of sp³-hybridized carbons (Fsp3) is 0.364. The van der Waals surface area contributed by atoms with Crippen LogP contribution in [0.15, 0.2) is 41.2 Å². The van der Waals surface area contributed by atoms with Crippen LogP contribution in [0.3, 0.4) is 0 Å². The Balaban J connectivity index is 1.81. The molecule has 1 aromatic heterocycles. The quantitative estimate of drug-likeness (QED) is 0.634. The summed E-state index contributed by atoms with van der Waals surface area (Å²) in [5, 5.41) is 9.81. The molecule has 0 unspecified atom stereocenters. The largest absolute Gasteiger partial charge is 0.495 e. The summed E-state index contributed by atoms with van der Waals surface area (Å²) in [5.41, 5.74) is 2.55. The van der Waals surface area contributed by atoms with E-state index >= 15 is 0 Å². The van der Waals surface area contributed by atoms with Gasteiger partial charge in [-0.05, 0) is 49.7 Å². The number of aromatic nitrogens is 2. The standard InChI is InChI=1S/C22H22ClN3O4/c1-22(2)29-12-16(13-30-22)26-18-6-4-14(10-24)9-19(18)25(21(26)27)11-15-5-7-20(28-3)17(23)8-15/h4-9,16H,11-13H2,1-3H3. The van der Waals surface area contributed by atoms with Crippen molar-refractivity contribution in [2.75, 3.05) is 20.3 Å². The van der Waals surface area contributed by atoms with Crippen molar-refractivity contribution in [3.05, 3.63) is 63.0 Å². The molecular weight excluding hydrogens is 406 g/mol. The molecule has 3 aromatic rings. The lowest BCUT2D eigenvalue weighted by Gasteiger charge is -2.35. The second kappa shape index (κ2) is 7.80. The van der Waals surface area contributed by atoms with Gasteiger partial charge in [0, 0.05) is 0 Å². The van der Waals surface area contributed by atoms with Gasteiger partial charge in [0.05, 0.1) is 60.6 Å². The lowest BCUT2D eigenvalue weighted by molar-refractivity contribution is -0.258. The smallest absolute Gasteiger partial charge is 0.329 e. The minimum atomic E-state index is -0.674. The zero-order chi connectivity index (χ0) is 21.5. The van der Waals surface area contributed by atoms with Crippen molar-refractivity contribution in [2.45, 2.75) is 32.2 Å². The van der Waals surface area contributed by atoms with Crippen LogP contribution in [0.4, 0.5) is 0 Å². The Kier molecular flexibility index (Phi) is 5.33. The topological polar surface area (TPSA) is 78.4 Å². The summed E-state index contributed by atoms with van der Waals surface area (Å²) < 4.78 is 20.1. The Morgan fingerprint density at radius 3 is 2.57 bits per heavy atom. The number of rotatable bonds is 4. The van der Waals surface area contributed by atoms with E-state index in [1.165, 1.54) is 0 Å². The molecule has 7 nitrogen and oxygen atoms in total. The maximum atomic E-state index is 13.4. The van der Waals surface area contributed by atoms with E-state index in [9.17, 15) is 10.1 Å². The molecule has 0 spiro atoms. The van der Waals surface area contributed by atoms with Crippen molar-refractivity contribution in [3.63, 3.8) is 0 Å². The Hall–Kier alpha value is -2.79. The van der Waals surface area contributed by atoms with Crippen LogP contribution in [0.25, 0.3) is 11.0 Å². The second-order valence-electron chi connectivity index (χ2n) is 7.70. The number of nitrogens with zero attached hydrogens (tertiary/aromatic N) is 3. The van der Waals surface area contributed by atoms with E-state index in [1.807, 2.05) is 19.9 Å². The van der Waals surface area contributed by atoms with Crippen LogP contribution in [0, 0.1) is 11.3 Å². The minimum Gasteiger partial charge on any atom is -0.495 e. The van der Waals surface area contributed by atoms with Crippen molar-refractivity contribution < 1.29 is 14.2 Å². The van der Waals surface area contributed by atoms with Gasteiger partial charge in [-0.15, -0.1) is 0 Å². The van der Waals surface area contributed by atoms with E-state index in [1.54, 1.807) is 46.6 Å². The van der Waals surface area contributed by atoms with Crippen LogP contribution >= 0.6 is 11.6 Å². The third-order valence-corrected chi connectivity index (χ3v) is 5.56. The van der Waals surface area contributed by atoms with Crippen molar-refractivity contribution in [2.24, 2.45) is 0 Å². The first kappa shape index (κ1) is 20.5. The maximum Gasteiger partial charge on any atom is 0.329 e. The SMILES string of the molecule is COc1ccc(Cn2c(=O)n(C3COC(C)(C)OC3)c3ccc(C#N)cc32)cc1Cl. The van der Waals surface area contributed by atoms with Crippen molar-refractivity contribution >= 4 is 22.6 Å². The van der Waals surface area contributed by atoms with Gasteiger partial charge in [-0.2, -0.15) is 5.26 Å². The number of hydrogen-bond acceptors (Lipinski definition) is 5. The van der Waals surface area contributed by atoms with E-state index < -0.39 is 5.79 Å². The summed E-state index contributed by atoms with van der Waals surface area (Å²) >= 11 is 6.26. The molecule has 0 N–H and O–H groups in total. The Morgan fingerprint density at radius 2 is 1.93 bits per heavy atom.